The number of aryl methyl sites for hydroxylation is 1. The van der Waals surface area contributed by atoms with E-state index < -0.39 is 0 Å². The predicted octanol–water partition coefficient (Wildman–Crippen LogP) is 2.07. The predicted molar refractivity (Wildman–Crippen MR) is 52.3 cm³/mol. The molecular formula is C9H10NOS. The fourth-order valence-electron chi connectivity index (χ4n) is 1.34. The van der Waals surface area contributed by atoms with Crippen molar-refractivity contribution in [1.82, 2.24) is 0 Å². The van der Waals surface area contributed by atoms with Gasteiger partial charge in [-0.15, -0.1) is 0 Å². The molecule has 0 spiro atoms. The molecule has 0 fully saturated rings. The van der Waals surface area contributed by atoms with E-state index in [-0.39, 0.29) is 0 Å². The number of rotatable bonds is 0. The largest absolute Gasteiger partial charge is 0.507 e. The first-order chi connectivity index (χ1) is 5.77. The summed E-state index contributed by atoms with van der Waals surface area (Å²) in [6.45, 7) is 1.99. The van der Waals surface area contributed by atoms with Gasteiger partial charge in [-0.05, 0) is 24.1 Å². The highest BCUT2D eigenvalue weighted by molar-refractivity contribution is 7.98. The number of hydrogen-bond acceptors (Lipinski definition) is 2. The van der Waals surface area contributed by atoms with Crippen molar-refractivity contribution >= 4 is 18.2 Å². The molecule has 0 saturated heterocycles. The molecule has 0 atom stereocenters. The Morgan fingerprint density at radius 2 is 2.33 bits per heavy atom. The van der Waals surface area contributed by atoms with Crippen LogP contribution >= 0.6 is 11.9 Å². The van der Waals surface area contributed by atoms with Crippen molar-refractivity contribution in [3.63, 3.8) is 0 Å². The van der Waals surface area contributed by atoms with Gasteiger partial charge < -0.3 is 5.11 Å². The second-order valence-corrected chi connectivity index (χ2v) is 3.77. The summed E-state index contributed by atoms with van der Waals surface area (Å²) < 4.78 is 4.10. The second kappa shape index (κ2) is 2.83. The third kappa shape index (κ3) is 1.20. The van der Waals surface area contributed by atoms with Crippen molar-refractivity contribution in [2.45, 2.75) is 18.2 Å². The number of aromatic hydroxyl groups is 1. The molecule has 0 unspecified atom stereocenters. The normalized spacial score (nSPS) is 14.4. The quantitative estimate of drug-likeness (QED) is 0.589. The number of nitrogens with zero attached hydrogens (tertiary/aromatic N) is 1. The maximum Gasteiger partial charge on any atom is 0.130 e. The summed E-state index contributed by atoms with van der Waals surface area (Å²) in [5.74, 6) is 0.378. The minimum absolute atomic E-state index is 0.378. The van der Waals surface area contributed by atoms with Crippen LogP contribution < -0.4 is 0 Å². The van der Waals surface area contributed by atoms with Gasteiger partial charge in [0.2, 0.25) is 0 Å². The van der Waals surface area contributed by atoms with Crippen molar-refractivity contribution in [2.75, 3.05) is 0 Å². The van der Waals surface area contributed by atoms with E-state index in [1.54, 1.807) is 6.07 Å². The molecular weight excluding hydrogens is 170 g/mol. The van der Waals surface area contributed by atoms with Crippen LogP contribution in [0.3, 0.4) is 0 Å². The summed E-state index contributed by atoms with van der Waals surface area (Å²) in [6.07, 6.45) is 2.74. The van der Waals surface area contributed by atoms with Gasteiger partial charge in [-0.2, -0.15) is 0 Å². The van der Waals surface area contributed by atoms with Crippen LogP contribution in [-0.2, 0) is 6.42 Å². The molecule has 1 heterocycles. The van der Waals surface area contributed by atoms with E-state index >= 15 is 0 Å². The molecule has 3 heteroatoms. The number of phenols is 1. The first-order valence-corrected chi connectivity index (χ1v) is 4.67. The average molecular weight is 180 g/mol. The van der Waals surface area contributed by atoms with Gasteiger partial charge in [0.1, 0.15) is 5.75 Å². The van der Waals surface area contributed by atoms with Crippen molar-refractivity contribution in [1.29, 1.82) is 0 Å². The summed E-state index contributed by atoms with van der Waals surface area (Å²) >= 11 is 0.865. The lowest BCUT2D eigenvalue weighted by molar-refractivity contribution is 0.460. The first-order valence-electron chi connectivity index (χ1n) is 3.82. The molecule has 2 rings (SSSR count). The smallest absolute Gasteiger partial charge is 0.130 e. The van der Waals surface area contributed by atoms with E-state index in [1.807, 2.05) is 13.1 Å². The Labute approximate surface area is 75.5 Å². The highest BCUT2D eigenvalue weighted by atomic mass is 32.2. The Balaban J connectivity index is 2.57. The minimum atomic E-state index is 0.378. The van der Waals surface area contributed by atoms with E-state index in [2.05, 4.69) is 10.5 Å². The summed E-state index contributed by atoms with van der Waals surface area (Å²) in [5.41, 5.74) is 2.31. The Hall–Kier alpha value is -0.960. The van der Waals surface area contributed by atoms with Crippen LogP contribution in [0.15, 0.2) is 21.4 Å². The zero-order valence-corrected chi connectivity index (χ0v) is 7.68. The number of phenolic OH excluding ortho intramolecular Hbond substituents is 1. The molecule has 1 aromatic rings. The zero-order valence-electron chi connectivity index (χ0n) is 6.78. The lowest BCUT2D eigenvalue weighted by Crippen LogP contribution is -1.95. The van der Waals surface area contributed by atoms with Crippen LogP contribution in [0.2, 0.25) is 0 Å². The molecule has 0 bridgehead atoms. The Morgan fingerprint density at radius 1 is 1.50 bits per heavy atom. The molecule has 63 valence electrons. The van der Waals surface area contributed by atoms with Gasteiger partial charge in [0.15, 0.2) is 0 Å². The molecule has 1 radical (unpaired) electrons. The lowest BCUT2D eigenvalue weighted by atomic mass is 10.1. The van der Waals surface area contributed by atoms with Crippen molar-refractivity contribution in [2.24, 2.45) is 4.40 Å². The van der Waals surface area contributed by atoms with E-state index in [9.17, 15) is 5.11 Å². The molecule has 12 heavy (non-hydrogen) atoms. The maximum absolute atomic E-state index is 9.56. The maximum atomic E-state index is 9.56. The highest BCUT2D eigenvalue weighted by Crippen LogP contribution is 2.35. The average Bonchev–Trinajstić information content (AvgIpc) is 2.04. The van der Waals surface area contributed by atoms with Gasteiger partial charge in [-0.25, -0.2) is 4.40 Å². The monoisotopic (exact) mass is 180 g/mol. The Kier molecular flexibility index (Phi) is 1.81. The summed E-state index contributed by atoms with van der Waals surface area (Å²) in [4.78, 5) is 0.961. The summed E-state index contributed by atoms with van der Waals surface area (Å²) in [5, 5.41) is 9.56. The van der Waals surface area contributed by atoms with Crippen LogP contribution in [0.5, 0.6) is 5.75 Å². The fraction of sp³-hybridized carbons (Fsp3) is 0.222. The first kappa shape index (κ1) is 7.68. The molecule has 0 aromatic heterocycles. The van der Waals surface area contributed by atoms with Crippen LogP contribution in [-0.4, -0.2) is 11.3 Å². The fourth-order valence-corrected chi connectivity index (χ4v) is 2.07. The van der Waals surface area contributed by atoms with Gasteiger partial charge in [0.05, 0.1) is 4.90 Å². The van der Waals surface area contributed by atoms with Gasteiger partial charge in [0.25, 0.3) is 0 Å². The van der Waals surface area contributed by atoms with E-state index in [0.29, 0.717) is 5.75 Å². The lowest BCUT2D eigenvalue weighted by Gasteiger charge is -2.12. The van der Waals surface area contributed by atoms with E-state index in [1.165, 1.54) is 5.56 Å². The molecule has 2 nitrogen and oxygen atoms in total. The molecule has 1 aromatic carbocycles. The van der Waals surface area contributed by atoms with Gasteiger partial charge >= 0.3 is 0 Å². The summed E-state index contributed by atoms with van der Waals surface area (Å²) in [6, 6.07) is 3.89. The van der Waals surface area contributed by atoms with Crippen LogP contribution in [0.4, 0.5) is 0 Å². The molecule has 1 N–H and O–H groups in total. The topological polar surface area (TPSA) is 32.6 Å². The van der Waals surface area contributed by atoms with Gasteiger partial charge in [0, 0.05) is 12.6 Å². The summed E-state index contributed by atoms with van der Waals surface area (Å²) in [7, 11) is 0. The van der Waals surface area contributed by atoms with E-state index in [0.717, 1.165) is 28.8 Å². The molecule has 1 aliphatic rings. The minimum Gasteiger partial charge on any atom is -0.507 e. The SMILES string of the molecule is Cc1cc(O)c2c(c1)CC=N[SH]2. The van der Waals surface area contributed by atoms with Crippen molar-refractivity contribution in [3.8, 4) is 5.75 Å². The number of thiol groups is 1. The van der Waals surface area contributed by atoms with Crippen molar-refractivity contribution in [3.05, 3.63) is 23.3 Å². The highest BCUT2D eigenvalue weighted by Gasteiger charge is 2.10. The Bertz CT molecular complexity index is 347. The third-order valence-corrected chi connectivity index (χ3v) is 2.86. The molecule has 0 amide bonds. The van der Waals surface area contributed by atoms with Gasteiger partial charge in [-0.1, -0.05) is 18.0 Å². The van der Waals surface area contributed by atoms with E-state index in [4.69, 9.17) is 0 Å². The zero-order chi connectivity index (χ0) is 8.55. The van der Waals surface area contributed by atoms with Gasteiger partial charge in [-0.3, -0.25) is 0 Å². The molecule has 0 aliphatic carbocycles. The molecule has 0 saturated carbocycles. The van der Waals surface area contributed by atoms with Crippen LogP contribution in [0.1, 0.15) is 11.1 Å². The van der Waals surface area contributed by atoms with Crippen molar-refractivity contribution < 1.29 is 5.11 Å². The third-order valence-electron chi connectivity index (χ3n) is 1.86. The number of fused-ring (bicyclic) bond motifs is 1. The van der Waals surface area contributed by atoms with Crippen LogP contribution in [0.25, 0.3) is 0 Å². The number of hydrogen-bond donors (Lipinski definition) is 2. The molecule has 1 aliphatic heterocycles. The van der Waals surface area contributed by atoms with Crippen LogP contribution in [0, 0.1) is 6.92 Å². The second-order valence-electron chi connectivity index (χ2n) is 2.89. The Morgan fingerprint density at radius 3 is 3.17 bits per heavy atom. The number of benzene rings is 1. The standard InChI is InChI=1S/C9H10NOS/c1-6-4-7-2-3-10-12-9(7)8(11)5-6/h3-5,11-12H,2H2,1H3.